The Bertz CT molecular complexity index is 1140. The molecule has 42 heavy (non-hydrogen) atoms. The number of alkyl carbamates (subject to hydrolysis) is 1. The Kier molecular flexibility index (Phi) is 16.5. The molecule has 0 aliphatic rings. The molecule has 2 aromatic rings. The van der Waals surface area contributed by atoms with Crippen molar-refractivity contribution in [3.8, 4) is 0 Å². The molecule has 0 saturated carbocycles. The van der Waals surface area contributed by atoms with Crippen molar-refractivity contribution in [1.82, 2.24) is 16.0 Å². The fourth-order valence-corrected chi connectivity index (χ4v) is 3.91. The fraction of sp³-hybridized carbons (Fsp3) is 0.452. The van der Waals surface area contributed by atoms with Gasteiger partial charge in [0.15, 0.2) is 0 Å². The van der Waals surface area contributed by atoms with E-state index in [1.807, 2.05) is 64.1 Å². The van der Waals surface area contributed by atoms with Crippen LogP contribution in [0.5, 0.6) is 0 Å². The highest BCUT2D eigenvalue weighted by Crippen LogP contribution is 2.11. The van der Waals surface area contributed by atoms with Crippen LogP contribution in [0.2, 0.25) is 0 Å². The van der Waals surface area contributed by atoms with Gasteiger partial charge in [0.05, 0.1) is 0 Å². The molecular formula is C31H42ClN3O7. The third-order valence-electron chi connectivity index (χ3n) is 5.77. The van der Waals surface area contributed by atoms with Crippen LogP contribution in [0, 0.1) is 11.8 Å². The van der Waals surface area contributed by atoms with E-state index in [2.05, 4.69) is 27.6 Å². The highest BCUT2D eigenvalue weighted by atomic mass is 35.5. The first kappa shape index (κ1) is 36.1. The summed E-state index contributed by atoms with van der Waals surface area (Å²) in [7, 11) is 0. The number of halogens is 1. The molecule has 230 valence electrons. The average molecular weight is 604 g/mol. The molecular weight excluding hydrogens is 562 g/mol. The number of rotatable bonds is 14. The van der Waals surface area contributed by atoms with Gasteiger partial charge >= 0.3 is 12.1 Å². The minimum atomic E-state index is -1.17. The van der Waals surface area contributed by atoms with Gasteiger partial charge in [-0.2, -0.15) is 0 Å². The van der Waals surface area contributed by atoms with Crippen LogP contribution in [-0.2, 0) is 36.9 Å². The number of carboxylic acid groups (broad SMARTS) is 1. The van der Waals surface area contributed by atoms with Crippen molar-refractivity contribution >= 4 is 40.7 Å². The second-order valence-corrected chi connectivity index (χ2v) is 11.2. The fourth-order valence-electron chi connectivity index (χ4n) is 3.91. The molecule has 11 heteroatoms. The normalized spacial score (nSPS) is 12.7. The van der Waals surface area contributed by atoms with Crippen LogP contribution in [-0.4, -0.2) is 52.4 Å². The molecule has 0 bridgehead atoms. The lowest BCUT2D eigenvalue weighted by Gasteiger charge is -2.26. The van der Waals surface area contributed by atoms with Gasteiger partial charge in [0, 0.05) is 13.3 Å². The molecule has 3 amide bonds. The molecule has 10 nitrogen and oxygen atoms in total. The standard InChI is InChI=1S/C29H39N3O6.C2H3ClO/c1-19(2)15-23(26(33)31-25(28(35)36)17-21-11-7-5-8-12-21)30-27(34)24(16-20(3)4)32-29(37)38-18-22-13-9-6-10-14-22;1-2(3)4/h5-14,19-20,23-25H,15-18H2,1-4H3,(H,30,34)(H,31,33)(H,32,37)(H,35,36);1H3/t23-,24-,25-;/m0./s1. The minimum absolute atomic E-state index is 0.0378. The van der Waals surface area contributed by atoms with Crippen LogP contribution in [0.4, 0.5) is 4.79 Å². The Morgan fingerprint density at radius 3 is 1.55 bits per heavy atom. The Morgan fingerprint density at radius 2 is 1.12 bits per heavy atom. The minimum Gasteiger partial charge on any atom is -0.480 e. The van der Waals surface area contributed by atoms with E-state index in [0.29, 0.717) is 12.8 Å². The topological polar surface area (TPSA) is 151 Å². The number of aliphatic carboxylic acids is 1. The number of nitrogens with one attached hydrogen (secondary N) is 3. The smallest absolute Gasteiger partial charge is 0.408 e. The summed E-state index contributed by atoms with van der Waals surface area (Å²) >= 11 is 4.64. The van der Waals surface area contributed by atoms with E-state index in [-0.39, 0.29) is 30.1 Å². The van der Waals surface area contributed by atoms with Crippen molar-refractivity contribution < 1.29 is 33.8 Å². The number of hydrogen-bond donors (Lipinski definition) is 4. The van der Waals surface area contributed by atoms with E-state index in [0.717, 1.165) is 11.1 Å². The lowest BCUT2D eigenvalue weighted by Crippen LogP contribution is -2.56. The van der Waals surface area contributed by atoms with Crippen molar-refractivity contribution in [2.75, 3.05) is 0 Å². The predicted molar refractivity (Wildman–Crippen MR) is 161 cm³/mol. The molecule has 0 aliphatic heterocycles. The molecule has 0 unspecified atom stereocenters. The van der Waals surface area contributed by atoms with Gasteiger partial charge < -0.3 is 25.8 Å². The number of benzene rings is 2. The van der Waals surface area contributed by atoms with Crippen LogP contribution < -0.4 is 16.0 Å². The maximum Gasteiger partial charge on any atom is 0.408 e. The summed E-state index contributed by atoms with van der Waals surface area (Å²) in [5.74, 6) is -2.19. The second-order valence-electron chi connectivity index (χ2n) is 10.6. The van der Waals surface area contributed by atoms with Gasteiger partial charge in [-0.3, -0.25) is 14.4 Å². The number of ether oxygens (including phenoxy) is 1. The van der Waals surface area contributed by atoms with Crippen molar-refractivity contribution in [2.45, 2.75) is 78.6 Å². The van der Waals surface area contributed by atoms with E-state index in [1.54, 1.807) is 24.3 Å². The molecule has 0 aliphatic carbocycles. The maximum absolute atomic E-state index is 13.2. The first-order valence-electron chi connectivity index (χ1n) is 13.8. The van der Waals surface area contributed by atoms with Crippen LogP contribution in [0.15, 0.2) is 60.7 Å². The van der Waals surface area contributed by atoms with Crippen LogP contribution >= 0.6 is 11.6 Å². The summed E-state index contributed by atoms with van der Waals surface area (Å²) in [5.41, 5.74) is 1.57. The zero-order valence-electron chi connectivity index (χ0n) is 24.8. The van der Waals surface area contributed by atoms with Crippen LogP contribution in [0.25, 0.3) is 0 Å². The van der Waals surface area contributed by atoms with E-state index in [9.17, 15) is 29.1 Å². The summed E-state index contributed by atoms with van der Waals surface area (Å²) < 4.78 is 5.27. The van der Waals surface area contributed by atoms with E-state index in [4.69, 9.17) is 4.74 Å². The lowest BCUT2D eigenvalue weighted by molar-refractivity contribution is -0.142. The molecule has 4 N–H and O–H groups in total. The van der Waals surface area contributed by atoms with Gasteiger partial charge in [0.1, 0.15) is 24.7 Å². The van der Waals surface area contributed by atoms with Gasteiger partial charge in [-0.25, -0.2) is 9.59 Å². The number of amides is 3. The number of carbonyl (C=O) groups is 5. The average Bonchev–Trinajstić information content (AvgIpc) is 2.91. The summed E-state index contributed by atoms with van der Waals surface area (Å²) in [6, 6.07) is 15.1. The molecule has 0 aromatic heterocycles. The molecule has 2 aromatic carbocycles. The number of hydrogen-bond acceptors (Lipinski definition) is 6. The van der Waals surface area contributed by atoms with Crippen molar-refractivity contribution in [2.24, 2.45) is 11.8 Å². The summed E-state index contributed by atoms with van der Waals surface area (Å²) in [4.78, 5) is 59.9. The largest absolute Gasteiger partial charge is 0.480 e. The zero-order valence-corrected chi connectivity index (χ0v) is 25.5. The Labute approximate surface area is 252 Å². The van der Waals surface area contributed by atoms with Gasteiger partial charge in [-0.15, -0.1) is 0 Å². The molecule has 0 radical (unpaired) electrons. The third kappa shape index (κ3) is 15.8. The van der Waals surface area contributed by atoms with Crippen LogP contribution in [0.3, 0.4) is 0 Å². The zero-order chi connectivity index (χ0) is 31.7. The van der Waals surface area contributed by atoms with Crippen molar-refractivity contribution in [1.29, 1.82) is 0 Å². The quantitative estimate of drug-likeness (QED) is 0.233. The number of carbonyl (C=O) groups excluding carboxylic acids is 4. The second kappa shape index (κ2) is 19.2. The molecule has 0 saturated heterocycles. The van der Waals surface area contributed by atoms with Gasteiger partial charge in [0.25, 0.3) is 0 Å². The molecule has 3 atom stereocenters. The summed E-state index contributed by atoms with van der Waals surface area (Å²) in [6.07, 6.45) is -0.0149. The Hall–Kier alpha value is -3.92. The van der Waals surface area contributed by atoms with Crippen LogP contribution in [0.1, 0.15) is 58.6 Å². The predicted octanol–water partition coefficient (Wildman–Crippen LogP) is 4.44. The maximum atomic E-state index is 13.2. The van der Waals surface area contributed by atoms with E-state index in [1.165, 1.54) is 6.92 Å². The Morgan fingerprint density at radius 1 is 0.714 bits per heavy atom. The monoisotopic (exact) mass is 603 g/mol. The number of carboxylic acids is 1. The first-order chi connectivity index (χ1) is 19.8. The molecule has 2 rings (SSSR count). The van der Waals surface area contributed by atoms with Crippen molar-refractivity contribution in [3.05, 3.63) is 71.8 Å². The summed E-state index contributed by atoms with van der Waals surface area (Å²) in [5, 5.41) is 17.2. The summed E-state index contributed by atoms with van der Waals surface area (Å²) in [6.45, 7) is 8.97. The van der Waals surface area contributed by atoms with E-state index >= 15 is 0 Å². The SMILES string of the molecule is CC(=O)Cl.CC(C)C[C@H](NC(=O)OCc1ccccc1)C(=O)N[C@@H](CC(C)C)C(=O)N[C@@H](Cc1ccccc1)C(=O)O. The van der Waals surface area contributed by atoms with E-state index < -0.39 is 42.0 Å². The lowest BCUT2D eigenvalue weighted by atomic mass is 9.99. The van der Waals surface area contributed by atoms with Gasteiger partial charge in [-0.05, 0) is 47.4 Å². The molecule has 0 heterocycles. The van der Waals surface area contributed by atoms with Gasteiger partial charge in [-0.1, -0.05) is 88.4 Å². The van der Waals surface area contributed by atoms with Gasteiger partial charge in [0.2, 0.25) is 17.1 Å². The highest BCUT2D eigenvalue weighted by molar-refractivity contribution is 6.62. The third-order valence-corrected chi connectivity index (χ3v) is 5.77. The Balaban J connectivity index is 0.00000206. The van der Waals surface area contributed by atoms with Crippen molar-refractivity contribution in [3.63, 3.8) is 0 Å². The molecule has 0 fully saturated rings. The molecule has 0 spiro atoms. The highest BCUT2D eigenvalue weighted by Gasteiger charge is 2.30. The first-order valence-corrected chi connectivity index (χ1v) is 14.2.